The maximum absolute atomic E-state index is 12.3. The molecule has 0 saturated heterocycles. The van der Waals surface area contributed by atoms with Crippen LogP contribution in [0.2, 0.25) is 0 Å². The summed E-state index contributed by atoms with van der Waals surface area (Å²) in [6.45, 7) is 2.00. The summed E-state index contributed by atoms with van der Waals surface area (Å²) in [5.41, 5.74) is 2.52. The highest BCUT2D eigenvalue weighted by molar-refractivity contribution is 7.17. The summed E-state index contributed by atoms with van der Waals surface area (Å²) in [4.78, 5) is 18.6. The number of fused-ring (bicyclic) bond motifs is 2. The van der Waals surface area contributed by atoms with Crippen molar-refractivity contribution >= 4 is 39.5 Å². The number of ether oxygens (including phenoxy) is 1. The summed E-state index contributed by atoms with van der Waals surface area (Å²) < 4.78 is 7.24. The lowest BCUT2D eigenvalue weighted by Gasteiger charge is -2.01. The monoisotopic (exact) mass is 327 g/mol. The number of aryl methyl sites for hydroxylation is 1. The van der Waals surface area contributed by atoms with Crippen molar-refractivity contribution in [2.45, 2.75) is 6.92 Å². The molecular formula is C16H13N3O3S. The fourth-order valence-corrected chi connectivity index (χ4v) is 3.51. The van der Waals surface area contributed by atoms with E-state index in [-0.39, 0.29) is 11.7 Å². The van der Waals surface area contributed by atoms with Crippen LogP contribution in [0.4, 0.5) is 5.69 Å². The number of benzene rings is 1. The number of nitrogens with one attached hydrogen (secondary N) is 1. The predicted octanol–water partition coefficient (Wildman–Crippen LogP) is 2.91. The lowest BCUT2D eigenvalue weighted by atomic mass is 10.1. The molecule has 23 heavy (non-hydrogen) atoms. The minimum absolute atomic E-state index is 0.114. The van der Waals surface area contributed by atoms with Gasteiger partial charge in [0.1, 0.15) is 11.4 Å². The van der Waals surface area contributed by atoms with Gasteiger partial charge in [-0.05, 0) is 31.2 Å². The van der Waals surface area contributed by atoms with Crippen LogP contribution in [-0.2, 0) is 4.79 Å². The molecule has 0 fully saturated rings. The van der Waals surface area contributed by atoms with Gasteiger partial charge in [0.2, 0.25) is 5.88 Å². The number of nitrogens with zero attached hydrogens (tertiary/aromatic N) is 2. The molecule has 4 rings (SSSR count). The van der Waals surface area contributed by atoms with Crippen molar-refractivity contribution in [1.29, 1.82) is 0 Å². The zero-order chi connectivity index (χ0) is 16.1. The Hall–Kier alpha value is -2.80. The minimum atomic E-state index is -0.213. The number of rotatable bonds is 2. The fourth-order valence-electron chi connectivity index (χ4n) is 2.69. The smallest absolute Gasteiger partial charge is 0.256 e. The van der Waals surface area contributed by atoms with Crippen LogP contribution in [0.1, 0.15) is 16.1 Å². The number of carbonyl (C=O) groups excluding carboxylic acids is 1. The van der Waals surface area contributed by atoms with Gasteiger partial charge in [-0.1, -0.05) is 0 Å². The van der Waals surface area contributed by atoms with Crippen molar-refractivity contribution < 1.29 is 14.6 Å². The molecule has 2 aromatic heterocycles. The third-order valence-electron chi connectivity index (χ3n) is 3.71. The maximum Gasteiger partial charge on any atom is 0.256 e. The topological polar surface area (TPSA) is 75.9 Å². The summed E-state index contributed by atoms with van der Waals surface area (Å²) in [7, 11) is 1.55. The van der Waals surface area contributed by atoms with Gasteiger partial charge in [-0.15, -0.1) is 11.3 Å². The molecule has 1 aromatic carbocycles. The van der Waals surface area contributed by atoms with Crippen LogP contribution < -0.4 is 10.1 Å². The summed E-state index contributed by atoms with van der Waals surface area (Å²) in [6, 6.07) is 4.80. The first-order valence-corrected chi connectivity index (χ1v) is 7.77. The first-order chi connectivity index (χ1) is 11.1. The quantitative estimate of drug-likeness (QED) is 0.560. The molecule has 3 heterocycles. The van der Waals surface area contributed by atoms with Crippen LogP contribution in [0, 0.1) is 6.92 Å². The number of aromatic nitrogens is 2. The number of hydrogen-bond acceptors (Lipinski definition) is 5. The zero-order valence-electron chi connectivity index (χ0n) is 12.5. The Kier molecular flexibility index (Phi) is 2.92. The number of amides is 1. The Labute approximate surface area is 135 Å². The van der Waals surface area contributed by atoms with Crippen molar-refractivity contribution in [2.24, 2.45) is 0 Å². The summed E-state index contributed by atoms with van der Waals surface area (Å²) in [6.07, 6.45) is 3.70. The first-order valence-electron chi connectivity index (χ1n) is 6.96. The first kappa shape index (κ1) is 13.8. The average molecular weight is 327 g/mol. The molecule has 1 amide bonds. The van der Waals surface area contributed by atoms with E-state index in [1.165, 1.54) is 0 Å². The normalized spacial score (nSPS) is 15.2. The lowest BCUT2D eigenvalue weighted by Crippen LogP contribution is -2.04. The van der Waals surface area contributed by atoms with Crippen molar-refractivity contribution in [3.63, 3.8) is 0 Å². The Balaban J connectivity index is 1.94. The molecular weight excluding hydrogens is 314 g/mol. The Morgan fingerprint density at radius 1 is 1.43 bits per heavy atom. The minimum Gasteiger partial charge on any atom is -0.508 e. The zero-order valence-corrected chi connectivity index (χ0v) is 13.3. The SMILES string of the molecule is COc1nc2sc(C)cn2c1/C=C1/C(=O)Nc2ccc(O)cc21. The van der Waals surface area contributed by atoms with Gasteiger partial charge in [-0.2, -0.15) is 4.98 Å². The maximum atomic E-state index is 12.3. The van der Waals surface area contributed by atoms with E-state index in [2.05, 4.69) is 10.3 Å². The van der Waals surface area contributed by atoms with Crippen molar-refractivity contribution in [2.75, 3.05) is 12.4 Å². The van der Waals surface area contributed by atoms with E-state index in [0.29, 0.717) is 28.4 Å². The molecule has 3 aromatic rings. The van der Waals surface area contributed by atoms with Crippen LogP contribution >= 0.6 is 11.3 Å². The van der Waals surface area contributed by atoms with Crippen LogP contribution in [0.25, 0.3) is 16.6 Å². The van der Waals surface area contributed by atoms with Gasteiger partial charge >= 0.3 is 0 Å². The lowest BCUT2D eigenvalue weighted by molar-refractivity contribution is -0.110. The highest BCUT2D eigenvalue weighted by Crippen LogP contribution is 2.37. The molecule has 1 aliphatic heterocycles. The fraction of sp³-hybridized carbons (Fsp3) is 0.125. The molecule has 0 radical (unpaired) electrons. The highest BCUT2D eigenvalue weighted by atomic mass is 32.1. The number of phenolic OH excluding ortho intramolecular Hbond substituents is 1. The van der Waals surface area contributed by atoms with Gasteiger partial charge in [-0.25, -0.2) is 0 Å². The van der Waals surface area contributed by atoms with Gasteiger partial charge in [0.15, 0.2) is 4.96 Å². The van der Waals surface area contributed by atoms with Crippen molar-refractivity contribution in [3.8, 4) is 11.6 Å². The molecule has 0 saturated carbocycles. The number of imidazole rings is 1. The summed E-state index contributed by atoms with van der Waals surface area (Å²) in [5.74, 6) is 0.364. The standard InChI is InChI=1S/C16H13N3O3S/c1-8-7-19-13(15(22-2)18-16(19)23-8)6-11-10-5-9(20)3-4-12(10)17-14(11)21/h3-7,20H,1-2H3,(H,17,21)/b11-6+. The molecule has 0 atom stereocenters. The van der Waals surface area contributed by atoms with Crippen LogP contribution in [-0.4, -0.2) is 27.5 Å². The van der Waals surface area contributed by atoms with Crippen molar-refractivity contribution in [3.05, 3.63) is 40.5 Å². The molecule has 1 aliphatic rings. The van der Waals surface area contributed by atoms with Gasteiger partial charge in [-0.3, -0.25) is 9.20 Å². The number of hydrogen-bond donors (Lipinski definition) is 2. The Morgan fingerprint density at radius 3 is 3.04 bits per heavy atom. The van der Waals surface area contributed by atoms with Crippen LogP contribution in [0.3, 0.4) is 0 Å². The second-order valence-corrected chi connectivity index (χ2v) is 6.46. The molecule has 0 aliphatic carbocycles. The van der Waals surface area contributed by atoms with E-state index in [9.17, 15) is 9.90 Å². The molecule has 0 unspecified atom stereocenters. The van der Waals surface area contributed by atoms with E-state index in [1.54, 1.807) is 42.7 Å². The molecule has 7 heteroatoms. The van der Waals surface area contributed by atoms with E-state index in [4.69, 9.17) is 4.74 Å². The largest absolute Gasteiger partial charge is 0.508 e. The van der Waals surface area contributed by atoms with Crippen LogP contribution in [0.5, 0.6) is 11.6 Å². The third-order valence-corrected chi connectivity index (χ3v) is 4.60. The van der Waals surface area contributed by atoms with Gasteiger partial charge in [0.25, 0.3) is 5.91 Å². The second-order valence-electron chi connectivity index (χ2n) is 5.24. The van der Waals surface area contributed by atoms with Gasteiger partial charge < -0.3 is 15.2 Å². The highest BCUT2D eigenvalue weighted by Gasteiger charge is 2.26. The number of thiazole rings is 1. The van der Waals surface area contributed by atoms with E-state index < -0.39 is 0 Å². The van der Waals surface area contributed by atoms with E-state index in [1.807, 2.05) is 17.5 Å². The molecule has 6 nitrogen and oxygen atoms in total. The number of phenols is 1. The molecule has 2 N–H and O–H groups in total. The second kappa shape index (κ2) is 4.85. The summed E-state index contributed by atoms with van der Waals surface area (Å²) in [5, 5.41) is 12.5. The average Bonchev–Trinajstić information content (AvgIpc) is 3.12. The van der Waals surface area contributed by atoms with E-state index >= 15 is 0 Å². The Morgan fingerprint density at radius 2 is 2.26 bits per heavy atom. The number of anilines is 1. The molecule has 116 valence electrons. The summed E-state index contributed by atoms with van der Waals surface area (Å²) >= 11 is 1.55. The Bertz CT molecular complexity index is 984. The van der Waals surface area contributed by atoms with Gasteiger partial charge in [0.05, 0.1) is 12.7 Å². The molecule has 0 spiro atoms. The van der Waals surface area contributed by atoms with Crippen LogP contribution in [0.15, 0.2) is 24.4 Å². The molecule has 0 bridgehead atoms. The van der Waals surface area contributed by atoms with E-state index in [0.717, 1.165) is 9.84 Å². The predicted molar refractivity (Wildman–Crippen MR) is 89.0 cm³/mol. The number of aromatic hydroxyl groups is 1. The number of carbonyl (C=O) groups is 1. The third kappa shape index (κ3) is 2.08. The number of methoxy groups -OCH3 is 1. The van der Waals surface area contributed by atoms with Gasteiger partial charge in [0, 0.05) is 22.3 Å². The van der Waals surface area contributed by atoms with Crippen molar-refractivity contribution in [1.82, 2.24) is 9.38 Å².